The average molecular weight is 553 g/mol. The number of hydrogen-bond donors (Lipinski definition) is 2. The molecule has 3 heterocycles. The highest BCUT2D eigenvalue weighted by Crippen LogP contribution is 2.38. The Balaban J connectivity index is 0.00000289. The Morgan fingerprint density at radius 2 is 2.16 bits per heavy atom. The van der Waals surface area contributed by atoms with Gasteiger partial charge in [-0.25, -0.2) is 9.07 Å². The minimum Gasteiger partial charge on any atom is -0.382 e. The number of aromatic nitrogens is 2. The standard InChI is InChI=1S/C22H28FN7O.HI/c1-26-21(29-11-8-22(14-29)9-12-31-15-22)27-10-2-3-19-18(13-24)20(25)30(28-19)17-6-4-16(23)5-7-17;/h4-7H,2-3,8-12,14-15,25H2,1H3,(H,26,27);1H. The molecule has 0 aliphatic carbocycles. The number of nitrogens with one attached hydrogen (secondary N) is 1. The smallest absolute Gasteiger partial charge is 0.193 e. The van der Waals surface area contributed by atoms with E-state index in [4.69, 9.17) is 10.5 Å². The average Bonchev–Trinajstić information content (AvgIpc) is 3.49. The van der Waals surface area contributed by atoms with Gasteiger partial charge in [-0.15, -0.1) is 24.0 Å². The molecule has 3 N–H and O–H groups in total. The number of nitriles is 1. The zero-order valence-corrected chi connectivity index (χ0v) is 20.5. The van der Waals surface area contributed by atoms with Gasteiger partial charge in [0.1, 0.15) is 23.3 Å². The third-order valence-corrected chi connectivity index (χ3v) is 6.18. The Labute approximate surface area is 204 Å². The van der Waals surface area contributed by atoms with Gasteiger partial charge in [0.25, 0.3) is 0 Å². The lowest BCUT2D eigenvalue weighted by molar-refractivity contribution is 0.156. The lowest BCUT2D eigenvalue weighted by Gasteiger charge is -2.24. The normalized spacial score (nSPS) is 20.4. The first kappa shape index (κ1) is 24.3. The first-order valence-corrected chi connectivity index (χ1v) is 10.6. The monoisotopic (exact) mass is 553 g/mol. The summed E-state index contributed by atoms with van der Waals surface area (Å²) in [4.78, 5) is 6.74. The van der Waals surface area contributed by atoms with Gasteiger partial charge in [0.05, 0.1) is 18.0 Å². The van der Waals surface area contributed by atoms with Crippen molar-refractivity contribution in [2.24, 2.45) is 10.4 Å². The number of hydrogen-bond acceptors (Lipinski definition) is 5. The topological polar surface area (TPSA) is 104 Å². The molecule has 2 saturated heterocycles. The Bertz CT molecular complexity index is 993. The van der Waals surface area contributed by atoms with Crippen molar-refractivity contribution in [3.05, 3.63) is 41.3 Å². The molecule has 0 radical (unpaired) electrons. The summed E-state index contributed by atoms with van der Waals surface area (Å²) in [5, 5.41) is 17.5. The molecule has 2 fully saturated rings. The molecule has 2 aromatic rings. The van der Waals surface area contributed by atoms with Gasteiger partial charge in [-0.2, -0.15) is 10.4 Å². The van der Waals surface area contributed by atoms with E-state index < -0.39 is 0 Å². The van der Waals surface area contributed by atoms with Gasteiger partial charge < -0.3 is 20.7 Å². The number of halogens is 2. The minimum absolute atomic E-state index is 0. The number of rotatable bonds is 5. The number of aliphatic imine (C=N–C) groups is 1. The molecular weight excluding hydrogens is 524 g/mol. The van der Waals surface area contributed by atoms with Gasteiger partial charge in [0, 0.05) is 38.7 Å². The molecular formula is C22H29FIN7O. The number of nitrogen functional groups attached to an aromatic ring is 1. The minimum atomic E-state index is -0.334. The van der Waals surface area contributed by atoms with Crippen LogP contribution in [0.3, 0.4) is 0 Å². The molecule has 4 rings (SSSR count). The Morgan fingerprint density at radius 1 is 1.38 bits per heavy atom. The Morgan fingerprint density at radius 3 is 2.81 bits per heavy atom. The lowest BCUT2D eigenvalue weighted by Crippen LogP contribution is -2.41. The molecule has 2 aliphatic rings. The fourth-order valence-corrected chi connectivity index (χ4v) is 4.43. The van der Waals surface area contributed by atoms with Gasteiger partial charge in [0.15, 0.2) is 5.96 Å². The Hall–Kier alpha value is -2.39. The van der Waals surface area contributed by atoms with E-state index in [1.807, 2.05) is 0 Å². The van der Waals surface area contributed by atoms with Crippen LogP contribution in [-0.4, -0.2) is 60.5 Å². The van der Waals surface area contributed by atoms with E-state index in [-0.39, 0.29) is 41.0 Å². The first-order valence-electron chi connectivity index (χ1n) is 10.6. The highest BCUT2D eigenvalue weighted by atomic mass is 127. The van der Waals surface area contributed by atoms with Crippen LogP contribution in [0, 0.1) is 22.6 Å². The van der Waals surface area contributed by atoms with Gasteiger partial charge in [0.2, 0.25) is 0 Å². The molecule has 0 saturated carbocycles. The predicted molar refractivity (Wildman–Crippen MR) is 132 cm³/mol. The molecule has 8 nitrogen and oxygen atoms in total. The number of anilines is 1. The van der Waals surface area contributed by atoms with Crippen molar-refractivity contribution in [2.75, 3.05) is 45.6 Å². The van der Waals surface area contributed by atoms with Crippen LogP contribution in [0.25, 0.3) is 5.69 Å². The van der Waals surface area contributed by atoms with E-state index in [9.17, 15) is 9.65 Å². The summed E-state index contributed by atoms with van der Waals surface area (Å²) in [6, 6.07) is 8.02. The number of likely N-dealkylation sites (tertiary alicyclic amines) is 1. The van der Waals surface area contributed by atoms with Crippen molar-refractivity contribution in [1.29, 1.82) is 5.26 Å². The van der Waals surface area contributed by atoms with E-state index >= 15 is 0 Å². The molecule has 1 unspecified atom stereocenters. The molecule has 0 bridgehead atoms. The summed E-state index contributed by atoms with van der Waals surface area (Å²) in [7, 11) is 1.80. The van der Waals surface area contributed by atoms with Crippen LogP contribution in [0.4, 0.5) is 10.2 Å². The second-order valence-corrected chi connectivity index (χ2v) is 8.26. The summed E-state index contributed by atoms with van der Waals surface area (Å²) >= 11 is 0. The summed E-state index contributed by atoms with van der Waals surface area (Å²) in [5.74, 6) is 0.841. The summed E-state index contributed by atoms with van der Waals surface area (Å²) in [6.07, 6.45) is 3.63. The number of ether oxygens (including phenoxy) is 1. The Kier molecular flexibility index (Phi) is 7.95. The fraction of sp³-hybridized carbons (Fsp3) is 0.500. The van der Waals surface area contributed by atoms with Crippen LogP contribution in [0.15, 0.2) is 29.3 Å². The van der Waals surface area contributed by atoms with Gasteiger partial charge >= 0.3 is 0 Å². The molecule has 32 heavy (non-hydrogen) atoms. The van der Waals surface area contributed by atoms with Crippen LogP contribution < -0.4 is 11.1 Å². The van der Waals surface area contributed by atoms with E-state index in [2.05, 4.69) is 26.4 Å². The van der Waals surface area contributed by atoms with Crippen LogP contribution >= 0.6 is 24.0 Å². The van der Waals surface area contributed by atoms with E-state index in [0.717, 1.165) is 51.5 Å². The molecule has 10 heteroatoms. The maximum Gasteiger partial charge on any atom is 0.193 e. The molecule has 1 aromatic carbocycles. The summed E-state index contributed by atoms with van der Waals surface area (Å²) < 4.78 is 20.3. The number of nitrogens with zero attached hydrogens (tertiary/aromatic N) is 5. The molecule has 1 atom stereocenters. The highest BCUT2D eigenvalue weighted by Gasteiger charge is 2.42. The maximum absolute atomic E-state index is 13.2. The second kappa shape index (κ2) is 10.5. The number of nitrogens with two attached hydrogens (primary N) is 1. The predicted octanol–water partition coefficient (Wildman–Crippen LogP) is 2.70. The van der Waals surface area contributed by atoms with Crippen molar-refractivity contribution < 1.29 is 9.13 Å². The number of benzene rings is 1. The molecule has 1 spiro atoms. The van der Waals surface area contributed by atoms with Gasteiger partial charge in [-0.05, 0) is 49.9 Å². The van der Waals surface area contributed by atoms with Crippen LogP contribution in [0.5, 0.6) is 0 Å². The van der Waals surface area contributed by atoms with Crippen LogP contribution in [0.1, 0.15) is 30.5 Å². The third-order valence-electron chi connectivity index (χ3n) is 6.18. The van der Waals surface area contributed by atoms with Crippen molar-refractivity contribution in [1.82, 2.24) is 20.0 Å². The van der Waals surface area contributed by atoms with E-state index in [1.165, 1.54) is 16.8 Å². The highest BCUT2D eigenvalue weighted by molar-refractivity contribution is 14.0. The molecule has 172 valence electrons. The van der Waals surface area contributed by atoms with Crippen LogP contribution in [-0.2, 0) is 11.2 Å². The second-order valence-electron chi connectivity index (χ2n) is 8.26. The van der Waals surface area contributed by atoms with E-state index in [0.29, 0.717) is 29.9 Å². The molecule has 0 amide bonds. The zero-order chi connectivity index (χ0) is 21.8. The first-order chi connectivity index (χ1) is 15.0. The SMILES string of the molecule is CN=C(NCCCc1nn(-c2ccc(F)cc2)c(N)c1C#N)N1CCC2(CCOC2)C1.I. The zero-order valence-electron chi connectivity index (χ0n) is 18.2. The van der Waals surface area contributed by atoms with Crippen molar-refractivity contribution in [3.8, 4) is 11.8 Å². The summed E-state index contributed by atoms with van der Waals surface area (Å²) in [6.45, 7) is 4.37. The molecule has 1 aromatic heterocycles. The number of aryl methyl sites for hydroxylation is 1. The van der Waals surface area contributed by atoms with E-state index in [1.54, 1.807) is 19.2 Å². The largest absolute Gasteiger partial charge is 0.382 e. The van der Waals surface area contributed by atoms with Crippen molar-refractivity contribution in [2.45, 2.75) is 25.7 Å². The number of guanidine groups is 1. The van der Waals surface area contributed by atoms with Gasteiger partial charge in [-0.1, -0.05) is 0 Å². The third kappa shape index (κ3) is 4.99. The summed E-state index contributed by atoms with van der Waals surface area (Å²) in [5.41, 5.74) is 8.05. The molecule has 2 aliphatic heterocycles. The quantitative estimate of drug-likeness (QED) is 0.256. The fourth-order valence-electron chi connectivity index (χ4n) is 4.43. The van der Waals surface area contributed by atoms with Crippen molar-refractivity contribution >= 4 is 35.8 Å². The van der Waals surface area contributed by atoms with Crippen molar-refractivity contribution in [3.63, 3.8) is 0 Å². The lowest BCUT2D eigenvalue weighted by atomic mass is 9.87. The maximum atomic E-state index is 13.2. The van der Waals surface area contributed by atoms with Crippen LogP contribution in [0.2, 0.25) is 0 Å². The van der Waals surface area contributed by atoms with Gasteiger partial charge in [-0.3, -0.25) is 4.99 Å².